The Morgan fingerprint density at radius 2 is 1.85 bits per heavy atom. The van der Waals surface area contributed by atoms with Crippen molar-refractivity contribution in [2.24, 2.45) is 29.1 Å². The van der Waals surface area contributed by atoms with Gasteiger partial charge in [-0.2, -0.15) is 0 Å². The molecule has 154 valence electrons. The molecule has 2 unspecified atom stereocenters. The molecule has 0 aromatic carbocycles. The van der Waals surface area contributed by atoms with Crippen LogP contribution >= 0.6 is 0 Å². The van der Waals surface area contributed by atoms with Crippen molar-refractivity contribution in [2.45, 2.75) is 104 Å². The van der Waals surface area contributed by atoms with Gasteiger partial charge in [-0.3, -0.25) is 0 Å². The second-order valence-electron chi connectivity index (χ2n) is 10.2. The van der Waals surface area contributed by atoms with Crippen LogP contribution in [0.4, 0.5) is 0 Å². The summed E-state index contributed by atoms with van der Waals surface area (Å²) in [6, 6.07) is 0. The number of allylic oxidation sites excluding steroid dienone is 3. The van der Waals surface area contributed by atoms with Gasteiger partial charge in [-0.15, -0.1) is 0 Å². The number of unbranched alkanes of at least 4 members (excludes halogenated alkanes) is 1. The first-order chi connectivity index (χ1) is 12.9. The molecule has 2 heteroatoms. The molecule has 0 saturated heterocycles. The van der Waals surface area contributed by atoms with Crippen LogP contribution in [0.25, 0.3) is 0 Å². The SMILES string of the molecule is CCCC[C@H](C)C1CCC2/C(=C/C=C3C[C@@H](O)C(C)[C@H](O)C3)CCC[C@@]21C. The summed E-state index contributed by atoms with van der Waals surface area (Å²) in [7, 11) is 0. The van der Waals surface area contributed by atoms with Crippen LogP contribution in [0.5, 0.6) is 0 Å². The Morgan fingerprint density at radius 3 is 2.52 bits per heavy atom. The van der Waals surface area contributed by atoms with Crippen molar-refractivity contribution < 1.29 is 10.2 Å². The summed E-state index contributed by atoms with van der Waals surface area (Å²) in [4.78, 5) is 0. The molecule has 2 nitrogen and oxygen atoms in total. The summed E-state index contributed by atoms with van der Waals surface area (Å²) >= 11 is 0. The summed E-state index contributed by atoms with van der Waals surface area (Å²) in [6.45, 7) is 9.34. The van der Waals surface area contributed by atoms with E-state index in [2.05, 4.69) is 32.9 Å². The molecule has 0 aromatic heterocycles. The third-order valence-electron chi connectivity index (χ3n) is 8.43. The van der Waals surface area contributed by atoms with Crippen LogP contribution in [0, 0.1) is 29.1 Å². The predicted molar refractivity (Wildman–Crippen MR) is 113 cm³/mol. The van der Waals surface area contributed by atoms with E-state index in [9.17, 15) is 10.2 Å². The molecule has 3 aliphatic carbocycles. The van der Waals surface area contributed by atoms with E-state index >= 15 is 0 Å². The summed E-state index contributed by atoms with van der Waals surface area (Å²) < 4.78 is 0. The van der Waals surface area contributed by atoms with Crippen molar-refractivity contribution >= 4 is 0 Å². The average Bonchev–Trinajstić information content (AvgIpc) is 2.99. The Labute approximate surface area is 167 Å². The largest absolute Gasteiger partial charge is 0.392 e. The number of aliphatic hydroxyl groups is 2. The van der Waals surface area contributed by atoms with E-state index in [1.54, 1.807) is 5.57 Å². The highest BCUT2D eigenvalue weighted by Gasteiger charge is 2.50. The standard InChI is InChI=1S/C25H42O2/c1-5-6-8-17(2)21-12-13-22-20(9-7-14-25(21,22)4)11-10-19-15-23(26)18(3)24(27)16-19/h10-11,17-18,21-24,26-27H,5-9,12-16H2,1-4H3/b19-10?,20-11+/t17-,18?,21?,22?,23+,24+,25+/m0/s1. The van der Waals surface area contributed by atoms with Crippen LogP contribution in [-0.2, 0) is 0 Å². The maximum Gasteiger partial charge on any atom is 0.0627 e. The third kappa shape index (κ3) is 4.37. The van der Waals surface area contributed by atoms with E-state index in [1.165, 1.54) is 56.9 Å². The average molecular weight is 375 g/mol. The number of aliphatic hydroxyl groups excluding tert-OH is 2. The van der Waals surface area contributed by atoms with E-state index in [1.807, 2.05) is 6.92 Å². The lowest BCUT2D eigenvalue weighted by Gasteiger charge is -2.44. The summed E-state index contributed by atoms with van der Waals surface area (Å²) in [6.07, 6.45) is 16.0. The van der Waals surface area contributed by atoms with Gasteiger partial charge >= 0.3 is 0 Å². The predicted octanol–water partition coefficient (Wildman–Crippen LogP) is 6.03. The Balaban J connectivity index is 1.73. The van der Waals surface area contributed by atoms with Crippen LogP contribution in [0.15, 0.2) is 23.3 Å². The van der Waals surface area contributed by atoms with Crippen LogP contribution in [-0.4, -0.2) is 22.4 Å². The fraction of sp³-hybridized carbons (Fsp3) is 0.840. The lowest BCUT2D eigenvalue weighted by Crippen LogP contribution is -2.36. The molecule has 3 saturated carbocycles. The van der Waals surface area contributed by atoms with Gasteiger partial charge in [-0.05, 0) is 68.1 Å². The molecule has 0 amide bonds. The quantitative estimate of drug-likeness (QED) is 0.616. The molecule has 0 aromatic rings. The smallest absolute Gasteiger partial charge is 0.0627 e. The lowest BCUT2D eigenvalue weighted by atomic mass is 9.60. The minimum atomic E-state index is -0.398. The first-order valence-corrected chi connectivity index (χ1v) is 11.6. The van der Waals surface area contributed by atoms with Crippen LogP contribution in [0.3, 0.4) is 0 Å². The fourth-order valence-corrected chi connectivity index (χ4v) is 6.55. The molecule has 0 radical (unpaired) electrons. The van der Waals surface area contributed by atoms with Gasteiger partial charge in [0.05, 0.1) is 12.2 Å². The first-order valence-electron chi connectivity index (χ1n) is 11.6. The Morgan fingerprint density at radius 1 is 1.15 bits per heavy atom. The normalized spacial score (nSPS) is 42.2. The van der Waals surface area contributed by atoms with Crippen molar-refractivity contribution in [3.63, 3.8) is 0 Å². The van der Waals surface area contributed by atoms with Gasteiger partial charge in [0.25, 0.3) is 0 Å². The van der Waals surface area contributed by atoms with Gasteiger partial charge in [0.15, 0.2) is 0 Å². The fourth-order valence-electron chi connectivity index (χ4n) is 6.55. The highest BCUT2D eigenvalue weighted by Crippen LogP contribution is 2.59. The van der Waals surface area contributed by atoms with Crippen LogP contribution in [0.2, 0.25) is 0 Å². The highest BCUT2D eigenvalue weighted by atomic mass is 16.3. The maximum absolute atomic E-state index is 10.2. The van der Waals surface area contributed by atoms with E-state index in [0.717, 1.165) is 30.6 Å². The summed E-state index contributed by atoms with van der Waals surface area (Å²) in [5.74, 6) is 2.47. The van der Waals surface area contributed by atoms with Gasteiger partial charge in [0, 0.05) is 5.92 Å². The van der Waals surface area contributed by atoms with Gasteiger partial charge < -0.3 is 10.2 Å². The first kappa shape index (κ1) is 21.1. The van der Waals surface area contributed by atoms with Crippen molar-refractivity contribution in [1.82, 2.24) is 0 Å². The zero-order valence-electron chi connectivity index (χ0n) is 18.1. The monoisotopic (exact) mass is 374 g/mol. The van der Waals surface area contributed by atoms with E-state index in [0.29, 0.717) is 5.41 Å². The second kappa shape index (κ2) is 8.82. The molecule has 3 fully saturated rings. The molecule has 2 N–H and O–H groups in total. The van der Waals surface area contributed by atoms with E-state index < -0.39 is 12.2 Å². The summed E-state index contributed by atoms with van der Waals surface area (Å²) in [5, 5.41) is 20.4. The van der Waals surface area contributed by atoms with Gasteiger partial charge in [-0.25, -0.2) is 0 Å². The molecule has 0 heterocycles. The van der Waals surface area contributed by atoms with E-state index in [-0.39, 0.29) is 5.92 Å². The molecule has 27 heavy (non-hydrogen) atoms. The number of fused-ring (bicyclic) bond motifs is 1. The highest BCUT2D eigenvalue weighted by molar-refractivity contribution is 5.26. The number of hydrogen-bond donors (Lipinski definition) is 2. The minimum absolute atomic E-state index is 0.00651. The molecule has 0 spiro atoms. The van der Waals surface area contributed by atoms with Crippen molar-refractivity contribution in [3.05, 3.63) is 23.3 Å². The molecule has 3 rings (SSSR count). The van der Waals surface area contributed by atoms with Gasteiger partial charge in [0.2, 0.25) is 0 Å². The topological polar surface area (TPSA) is 40.5 Å². The van der Waals surface area contributed by atoms with Crippen LogP contribution in [0.1, 0.15) is 91.9 Å². The zero-order chi connectivity index (χ0) is 19.6. The molecular formula is C25H42O2. The summed E-state index contributed by atoms with van der Waals surface area (Å²) in [5.41, 5.74) is 3.35. The molecule has 3 aliphatic rings. The van der Waals surface area contributed by atoms with E-state index in [4.69, 9.17) is 0 Å². The van der Waals surface area contributed by atoms with Crippen molar-refractivity contribution in [1.29, 1.82) is 0 Å². The Hall–Kier alpha value is -0.600. The molecule has 6 atom stereocenters. The lowest BCUT2D eigenvalue weighted by molar-refractivity contribution is 0.00407. The van der Waals surface area contributed by atoms with Crippen LogP contribution < -0.4 is 0 Å². The van der Waals surface area contributed by atoms with Crippen molar-refractivity contribution in [3.8, 4) is 0 Å². The number of rotatable bonds is 5. The zero-order valence-corrected chi connectivity index (χ0v) is 18.1. The Bertz CT molecular complexity index is 549. The van der Waals surface area contributed by atoms with Gasteiger partial charge in [-0.1, -0.05) is 70.3 Å². The minimum Gasteiger partial charge on any atom is -0.392 e. The second-order valence-corrected chi connectivity index (χ2v) is 10.2. The molecule has 0 bridgehead atoms. The maximum atomic E-state index is 10.2. The van der Waals surface area contributed by atoms with Gasteiger partial charge in [0.1, 0.15) is 0 Å². The molecular weight excluding hydrogens is 332 g/mol. The Kier molecular flexibility index (Phi) is 6.90. The number of hydrogen-bond acceptors (Lipinski definition) is 2. The molecule has 0 aliphatic heterocycles. The van der Waals surface area contributed by atoms with Crippen molar-refractivity contribution in [2.75, 3.05) is 0 Å². The third-order valence-corrected chi connectivity index (χ3v) is 8.43.